The lowest BCUT2D eigenvalue weighted by Crippen LogP contribution is -2.21. The summed E-state index contributed by atoms with van der Waals surface area (Å²) in [6, 6.07) is 1.72. The van der Waals surface area contributed by atoms with Crippen LogP contribution in [0.25, 0.3) is 0 Å². The van der Waals surface area contributed by atoms with Crippen LogP contribution in [-0.2, 0) is 9.84 Å². The second-order valence-electron chi connectivity index (χ2n) is 3.99. The maximum Gasteiger partial charge on any atom is 0.152 e. The Labute approximate surface area is 106 Å². The maximum absolute atomic E-state index is 13.4. The normalized spacial score (nSPS) is 22.6. The quantitative estimate of drug-likeness (QED) is 0.849. The van der Waals surface area contributed by atoms with Crippen LogP contribution in [0.1, 0.15) is 6.42 Å². The molecule has 1 heterocycles. The molecule has 0 amide bonds. The lowest BCUT2D eigenvalue weighted by molar-refractivity contribution is 0.579. The van der Waals surface area contributed by atoms with Gasteiger partial charge in [-0.15, -0.1) is 0 Å². The Hall–Kier alpha value is -0.690. The summed E-state index contributed by atoms with van der Waals surface area (Å²) < 4.78 is 49.0. The zero-order valence-electron chi connectivity index (χ0n) is 8.71. The Morgan fingerprint density at radius 2 is 2.00 bits per heavy atom. The molecular formula is C10H10BrF2NO2S. The summed E-state index contributed by atoms with van der Waals surface area (Å²) >= 11 is 2.95. The lowest BCUT2D eigenvalue weighted by Gasteiger charge is -2.13. The first-order valence-electron chi connectivity index (χ1n) is 4.99. The van der Waals surface area contributed by atoms with E-state index in [9.17, 15) is 17.2 Å². The van der Waals surface area contributed by atoms with Crippen LogP contribution < -0.4 is 5.32 Å². The van der Waals surface area contributed by atoms with Crippen molar-refractivity contribution in [2.45, 2.75) is 12.5 Å². The minimum atomic E-state index is -3.02. The highest BCUT2D eigenvalue weighted by atomic mass is 79.9. The largest absolute Gasteiger partial charge is 0.379 e. The fraction of sp³-hybridized carbons (Fsp3) is 0.400. The zero-order valence-corrected chi connectivity index (χ0v) is 11.1. The fourth-order valence-corrected chi connectivity index (χ4v) is 3.78. The van der Waals surface area contributed by atoms with Crippen LogP contribution in [0.2, 0.25) is 0 Å². The molecule has 1 aliphatic rings. The van der Waals surface area contributed by atoms with E-state index in [2.05, 4.69) is 21.2 Å². The van der Waals surface area contributed by atoms with E-state index in [4.69, 9.17) is 0 Å². The van der Waals surface area contributed by atoms with Gasteiger partial charge in [-0.1, -0.05) is 0 Å². The van der Waals surface area contributed by atoms with Crippen LogP contribution in [0.15, 0.2) is 16.6 Å². The van der Waals surface area contributed by atoms with E-state index in [0.29, 0.717) is 6.42 Å². The van der Waals surface area contributed by atoms with Crippen LogP contribution in [-0.4, -0.2) is 26.0 Å². The molecule has 0 radical (unpaired) electrons. The predicted molar refractivity (Wildman–Crippen MR) is 64.7 cm³/mol. The molecule has 1 saturated heterocycles. The summed E-state index contributed by atoms with van der Waals surface area (Å²) in [7, 11) is -3.02. The SMILES string of the molecule is O=S1(=O)CCC(Nc2cc(Br)c(F)cc2F)C1. The van der Waals surface area contributed by atoms with Crippen LogP contribution in [0.4, 0.5) is 14.5 Å². The second-order valence-corrected chi connectivity index (χ2v) is 7.07. The smallest absolute Gasteiger partial charge is 0.152 e. The molecule has 1 fully saturated rings. The van der Waals surface area contributed by atoms with Gasteiger partial charge in [0.2, 0.25) is 0 Å². The van der Waals surface area contributed by atoms with Gasteiger partial charge in [-0.2, -0.15) is 0 Å². The fourth-order valence-electron chi connectivity index (χ4n) is 1.76. The topological polar surface area (TPSA) is 46.2 Å². The van der Waals surface area contributed by atoms with Gasteiger partial charge in [0.25, 0.3) is 0 Å². The van der Waals surface area contributed by atoms with E-state index >= 15 is 0 Å². The molecule has 1 unspecified atom stereocenters. The summed E-state index contributed by atoms with van der Waals surface area (Å²) in [6.07, 6.45) is 0.441. The van der Waals surface area contributed by atoms with Crippen molar-refractivity contribution >= 4 is 31.5 Å². The summed E-state index contributed by atoms with van der Waals surface area (Å²) in [5, 5.41) is 2.78. The minimum absolute atomic E-state index is 0.0125. The number of nitrogens with one attached hydrogen (secondary N) is 1. The molecular weight excluding hydrogens is 316 g/mol. The van der Waals surface area contributed by atoms with Crippen LogP contribution in [0, 0.1) is 11.6 Å². The molecule has 1 aromatic carbocycles. The Morgan fingerprint density at radius 1 is 1.29 bits per heavy atom. The van der Waals surface area contributed by atoms with Crippen LogP contribution >= 0.6 is 15.9 Å². The van der Waals surface area contributed by atoms with E-state index in [1.54, 1.807) is 0 Å². The molecule has 1 atom stereocenters. The molecule has 94 valence electrons. The van der Waals surface area contributed by atoms with E-state index in [1.807, 2.05) is 0 Å². The number of halogens is 3. The van der Waals surface area contributed by atoms with Crippen molar-refractivity contribution in [3.05, 3.63) is 28.2 Å². The molecule has 0 saturated carbocycles. The number of sulfone groups is 1. The summed E-state index contributed by atoms with van der Waals surface area (Å²) in [5.41, 5.74) is 0.111. The van der Waals surface area contributed by atoms with Gasteiger partial charge >= 0.3 is 0 Å². The van der Waals surface area contributed by atoms with Crippen molar-refractivity contribution in [2.24, 2.45) is 0 Å². The van der Waals surface area contributed by atoms with Crippen molar-refractivity contribution in [3.63, 3.8) is 0 Å². The van der Waals surface area contributed by atoms with Crippen molar-refractivity contribution in [1.29, 1.82) is 0 Å². The summed E-state index contributed by atoms with van der Waals surface area (Å²) in [6.45, 7) is 0. The molecule has 0 spiro atoms. The first kappa shape index (κ1) is 12.8. The predicted octanol–water partition coefficient (Wildman–Crippen LogP) is 2.33. The zero-order chi connectivity index (χ0) is 12.6. The number of hydrogen-bond acceptors (Lipinski definition) is 3. The Kier molecular flexibility index (Phi) is 3.40. The molecule has 0 bridgehead atoms. The van der Waals surface area contributed by atoms with Crippen molar-refractivity contribution in [1.82, 2.24) is 0 Å². The monoisotopic (exact) mass is 325 g/mol. The molecule has 1 N–H and O–H groups in total. The Bertz CT molecular complexity index is 547. The lowest BCUT2D eigenvalue weighted by atomic mass is 10.2. The van der Waals surface area contributed by atoms with Gasteiger partial charge in [0.1, 0.15) is 11.6 Å². The van der Waals surface area contributed by atoms with Gasteiger partial charge in [-0.05, 0) is 28.4 Å². The second kappa shape index (κ2) is 4.53. The molecule has 7 heteroatoms. The summed E-state index contributed by atoms with van der Waals surface area (Å²) in [4.78, 5) is 0. The van der Waals surface area contributed by atoms with Crippen LogP contribution in [0.5, 0.6) is 0 Å². The van der Waals surface area contributed by atoms with Gasteiger partial charge in [0, 0.05) is 12.1 Å². The number of rotatable bonds is 2. The van der Waals surface area contributed by atoms with E-state index < -0.39 is 21.5 Å². The van der Waals surface area contributed by atoms with Gasteiger partial charge < -0.3 is 5.32 Å². The van der Waals surface area contributed by atoms with Crippen molar-refractivity contribution in [2.75, 3.05) is 16.8 Å². The molecule has 3 nitrogen and oxygen atoms in total. The average molecular weight is 326 g/mol. The summed E-state index contributed by atoms with van der Waals surface area (Å²) in [5.74, 6) is -1.32. The number of hydrogen-bond donors (Lipinski definition) is 1. The maximum atomic E-state index is 13.4. The highest BCUT2D eigenvalue weighted by molar-refractivity contribution is 9.10. The van der Waals surface area contributed by atoms with E-state index in [0.717, 1.165) is 6.07 Å². The van der Waals surface area contributed by atoms with Crippen molar-refractivity contribution < 1.29 is 17.2 Å². The van der Waals surface area contributed by atoms with Gasteiger partial charge in [0.15, 0.2) is 9.84 Å². The third kappa shape index (κ3) is 2.95. The van der Waals surface area contributed by atoms with Gasteiger partial charge in [-0.25, -0.2) is 17.2 Å². The first-order valence-corrected chi connectivity index (χ1v) is 7.60. The Balaban J connectivity index is 2.17. The van der Waals surface area contributed by atoms with E-state index in [-0.39, 0.29) is 27.7 Å². The minimum Gasteiger partial charge on any atom is -0.379 e. The van der Waals surface area contributed by atoms with Crippen LogP contribution in [0.3, 0.4) is 0 Å². The molecule has 1 aliphatic heterocycles. The van der Waals surface area contributed by atoms with Crippen molar-refractivity contribution in [3.8, 4) is 0 Å². The molecule has 2 rings (SSSR count). The highest BCUT2D eigenvalue weighted by Crippen LogP contribution is 2.26. The van der Waals surface area contributed by atoms with Gasteiger partial charge in [0.05, 0.1) is 21.7 Å². The molecule has 0 aliphatic carbocycles. The highest BCUT2D eigenvalue weighted by Gasteiger charge is 2.28. The third-order valence-corrected chi connectivity index (χ3v) is 4.98. The number of anilines is 1. The molecule has 1 aromatic rings. The number of benzene rings is 1. The van der Waals surface area contributed by atoms with Gasteiger partial charge in [-0.3, -0.25) is 0 Å². The first-order chi connectivity index (χ1) is 7.87. The average Bonchev–Trinajstić information content (AvgIpc) is 2.54. The molecule has 17 heavy (non-hydrogen) atoms. The standard InChI is InChI=1S/C10H10BrF2NO2S/c11-7-3-10(9(13)4-8(7)12)14-6-1-2-17(15,16)5-6/h3-4,6,14H,1-2,5H2. The van der Waals surface area contributed by atoms with E-state index in [1.165, 1.54) is 6.07 Å². The molecule has 0 aromatic heterocycles. The third-order valence-electron chi connectivity index (χ3n) is 2.60. The Morgan fingerprint density at radius 3 is 2.59 bits per heavy atom.